The van der Waals surface area contributed by atoms with Crippen LogP contribution in [-0.4, -0.2) is 41.4 Å². The predicted molar refractivity (Wildman–Crippen MR) is 122 cm³/mol. The lowest BCUT2D eigenvalue weighted by molar-refractivity contribution is -0.132. The molecule has 0 aliphatic heterocycles. The van der Waals surface area contributed by atoms with Gasteiger partial charge in [-0.3, -0.25) is 4.79 Å². The summed E-state index contributed by atoms with van der Waals surface area (Å²) in [5, 5.41) is 17.6. The van der Waals surface area contributed by atoms with Gasteiger partial charge in [0, 0.05) is 24.1 Å². The third kappa shape index (κ3) is 4.98. The molecule has 174 valence electrons. The van der Waals surface area contributed by atoms with Gasteiger partial charge in [-0.25, -0.2) is 9.59 Å². The van der Waals surface area contributed by atoms with Crippen LogP contribution in [0.1, 0.15) is 40.2 Å². The largest absolute Gasteiger partial charge is 0.478 e. The van der Waals surface area contributed by atoms with E-state index in [1.807, 2.05) is 36.4 Å². The summed E-state index contributed by atoms with van der Waals surface area (Å²) in [5.41, 5.74) is 4.67. The van der Waals surface area contributed by atoms with E-state index in [-0.39, 0.29) is 42.6 Å². The lowest BCUT2D eigenvalue weighted by Gasteiger charge is -2.14. The highest BCUT2D eigenvalue weighted by Crippen LogP contribution is 2.44. The van der Waals surface area contributed by atoms with Crippen LogP contribution in [0.15, 0.2) is 70.8 Å². The Bertz CT molecular complexity index is 1220. The average molecular weight is 461 g/mol. The van der Waals surface area contributed by atoms with E-state index in [1.54, 1.807) is 0 Å². The first kappa shape index (κ1) is 22.8. The number of nitrogens with zero attached hydrogens (tertiary/aromatic N) is 1. The van der Waals surface area contributed by atoms with Gasteiger partial charge in [-0.1, -0.05) is 59.8 Å². The van der Waals surface area contributed by atoms with E-state index in [9.17, 15) is 14.4 Å². The highest BCUT2D eigenvalue weighted by molar-refractivity contribution is 5.92. The molecule has 2 amide bonds. The number of hydrogen-bond acceptors (Lipinski definition) is 6. The summed E-state index contributed by atoms with van der Waals surface area (Å²) in [6, 6.07) is 17.5. The van der Waals surface area contributed by atoms with Crippen molar-refractivity contribution in [1.82, 2.24) is 15.8 Å². The number of ether oxygens (including phenoxy) is 1. The van der Waals surface area contributed by atoms with E-state index in [0.29, 0.717) is 0 Å². The van der Waals surface area contributed by atoms with Crippen molar-refractivity contribution in [1.29, 1.82) is 0 Å². The number of aliphatic carboxylic acids is 1. The van der Waals surface area contributed by atoms with Crippen molar-refractivity contribution < 1.29 is 28.8 Å². The fraction of sp³-hybridized carbons (Fsp3) is 0.200. The van der Waals surface area contributed by atoms with Gasteiger partial charge < -0.3 is 25.0 Å². The molecule has 2 aromatic carbocycles. The van der Waals surface area contributed by atoms with Crippen molar-refractivity contribution in [2.45, 2.75) is 19.4 Å². The third-order valence-electron chi connectivity index (χ3n) is 5.55. The van der Waals surface area contributed by atoms with E-state index in [0.717, 1.165) is 22.3 Å². The first-order chi connectivity index (χ1) is 16.4. The molecular formula is C25H23N3O6. The standard InChI is InChI=1S/C25H23N3O6/c1-15(24(30)31)10-11-26-23(29)22-12-16(34-28-22)13-27-25(32)33-14-21-19-8-4-2-6-17(19)18-7-3-5-9-20(18)21/h2-10,12,21H,11,13-14H2,1H3,(H,26,29)(H,27,32)(H,30,31)/b15-10+. The van der Waals surface area contributed by atoms with Gasteiger partial charge in [-0.05, 0) is 29.2 Å². The van der Waals surface area contributed by atoms with E-state index in [1.165, 1.54) is 19.1 Å². The number of carboxylic acid groups (broad SMARTS) is 1. The number of alkyl carbamates (subject to hydrolysis) is 1. The SMILES string of the molecule is C/C(=C\CNC(=O)c1cc(CNC(=O)OCC2c3ccccc3-c3ccccc32)on1)C(=O)O. The molecule has 4 rings (SSSR count). The van der Waals surface area contributed by atoms with Crippen LogP contribution in [0, 0.1) is 0 Å². The summed E-state index contributed by atoms with van der Waals surface area (Å²) in [6.45, 7) is 1.65. The molecule has 3 N–H and O–H groups in total. The van der Waals surface area contributed by atoms with Crippen LogP contribution in [-0.2, 0) is 16.1 Å². The second-order valence-electron chi connectivity index (χ2n) is 7.76. The summed E-state index contributed by atoms with van der Waals surface area (Å²) in [7, 11) is 0. The monoisotopic (exact) mass is 461 g/mol. The molecule has 0 radical (unpaired) electrons. The zero-order chi connectivity index (χ0) is 24.1. The van der Waals surface area contributed by atoms with Gasteiger partial charge >= 0.3 is 12.1 Å². The van der Waals surface area contributed by atoms with E-state index in [4.69, 9.17) is 14.4 Å². The van der Waals surface area contributed by atoms with Gasteiger partial charge in [0.05, 0.1) is 6.54 Å². The molecule has 9 nitrogen and oxygen atoms in total. The molecule has 1 aromatic heterocycles. The maximum Gasteiger partial charge on any atom is 0.407 e. The van der Waals surface area contributed by atoms with Crippen molar-refractivity contribution in [3.8, 4) is 11.1 Å². The summed E-state index contributed by atoms with van der Waals surface area (Å²) in [4.78, 5) is 35.1. The first-order valence-corrected chi connectivity index (χ1v) is 10.7. The molecule has 0 saturated heterocycles. The number of carboxylic acids is 1. The topological polar surface area (TPSA) is 131 Å². The Hall–Kier alpha value is -4.40. The summed E-state index contributed by atoms with van der Waals surface area (Å²) in [6.07, 6.45) is 0.762. The maximum absolute atomic E-state index is 12.3. The number of aromatic nitrogens is 1. The minimum Gasteiger partial charge on any atom is -0.478 e. The van der Waals surface area contributed by atoms with Gasteiger partial charge in [0.1, 0.15) is 6.61 Å². The molecule has 0 bridgehead atoms. The second-order valence-corrected chi connectivity index (χ2v) is 7.76. The number of carbonyl (C=O) groups is 3. The molecule has 34 heavy (non-hydrogen) atoms. The lowest BCUT2D eigenvalue weighted by atomic mass is 9.98. The Kier molecular flexibility index (Phi) is 6.72. The molecule has 0 saturated carbocycles. The molecule has 1 aliphatic carbocycles. The minimum atomic E-state index is -1.06. The Morgan fingerprint density at radius 3 is 2.35 bits per heavy atom. The number of carbonyl (C=O) groups excluding carboxylic acids is 2. The summed E-state index contributed by atoms with van der Waals surface area (Å²) >= 11 is 0. The Labute approximate surface area is 195 Å². The third-order valence-corrected chi connectivity index (χ3v) is 5.55. The quantitative estimate of drug-likeness (QED) is 0.438. The smallest absolute Gasteiger partial charge is 0.407 e. The van der Waals surface area contributed by atoms with Gasteiger partial charge in [-0.15, -0.1) is 0 Å². The van der Waals surface area contributed by atoms with Crippen LogP contribution in [0.25, 0.3) is 11.1 Å². The average Bonchev–Trinajstić information content (AvgIpc) is 3.44. The van der Waals surface area contributed by atoms with E-state index in [2.05, 4.69) is 27.9 Å². The molecule has 1 heterocycles. The summed E-state index contributed by atoms with van der Waals surface area (Å²) in [5.74, 6) is -1.35. The molecule has 1 aliphatic rings. The number of nitrogens with one attached hydrogen (secondary N) is 2. The van der Waals surface area contributed by atoms with Crippen LogP contribution in [0.2, 0.25) is 0 Å². The van der Waals surface area contributed by atoms with Crippen molar-refractivity contribution >= 4 is 18.0 Å². The summed E-state index contributed by atoms with van der Waals surface area (Å²) < 4.78 is 10.5. The van der Waals surface area contributed by atoms with Crippen LogP contribution < -0.4 is 10.6 Å². The molecule has 0 spiro atoms. The van der Waals surface area contributed by atoms with Gasteiger partial charge in [0.2, 0.25) is 0 Å². The molecule has 0 atom stereocenters. The maximum atomic E-state index is 12.3. The van der Waals surface area contributed by atoms with E-state index < -0.39 is 18.0 Å². The predicted octanol–water partition coefficient (Wildman–Crippen LogP) is 3.47. The fourth-order valence-corrected chi connectivity index (χ4v) is 3.79. The fourth-order valence-electron chi connectivity index (χ4n) is 3.79. The molecule has 9 heteroatoms. The molecule has 3 aromatic rings. The van der Waals surface area contributed by atoms with Crippen molar-refractivity contribution in [3.05, 3.63) is 88.8 Å². The highest BCUT2D eigenvalue weighted by atomic mass is 16.5. The number of hydrogen-bond donors (Lipinski definition) is 3. The molecular weight excluding hydrogens is 438 g/mol. The molecule has 0 fully saturated rings. The van der Waals surface area contributed by atoms with E-state index >= 15 is 0 Å². The zero-order valence-corrected chi connectivity index (χ0v) is 18.4. The minimum absolute atomic E-state index is 0.00498. The Balaban J connectivity index is 1.28. The van der Waals surface area contributed by atoms with Crippen LogP contribution >= 0.6 is 0 Å². The Morgan fingerprint density at radius 1 is 1.06 bits per heavy atom. The van der Waals surface area contributed by atoms with Crippen LogP contribution in [0.3, 0.4) is 0 Å². The second kappa shape index (κ2) is 10.0. The zero-order valence-electron chi connectivity index (χ0n) is 18.4. The number of fused-ring (bicyclic) bond motifs is 3. The van der Waals surface area contributed by atoms with Crippen molar-refractivity contribution in [3.63, 3.8) is 0 Å². The normalized spacial score (nSPS) is 12.6. The van der Waals surface area contributed by atoms with Gasteiger partial charge in [-0.2, -0.15) is 0 Å². The van der Waals surface area contributed by atoms with Gasteiger partial charge in [0.25, 0.3) is 5.91 Å². The first-order valence-electron chi connectivity index (χ1n) is 10.7. The lowest BCUT2D eigenvalue weighted by Crippen LogP contribution is -2.25. The van der Waals surface area contributed by atoms with Crippen molar-refractivity contribution in [2.24, 2.45) is 0 Å². The Morgan fingerprint density at radius 2 is 1.71 bits per heavy atom. The number of amides is 2. The van der Waals surface area contributed by atoms with Gasteiger partial charge in [0.15, 0.2) is 11.5 Å². The number of rotatable bonds is 8. The van der Waals surface area contributed by atoms with Crippen LogP contribution in [0.5, 0.6) is 0 Å². The number of benzene rings is 2. The van der Waals surface area contributed by atoms with Crippen molar-refractivity contribution in [2.75, 3.05) is 13.2 Å². The van der Waals surface area contributed by atoms with Crippen LogP contribution in [0.4, 0.5) is 4.79 Å². The highest BCUT2D eigenvalue weighted by Gasteiger charge is 2.29. The molecule has 0 unspecified atom stereocenters.